The van der Waals surface area contributed by atoms with Crippen LogP contribution in [-0.2, 0) is 0 Å². The third kappa shape index (κ3) is 1.58. The molecule has 1 aromatic heterocycles. The quantitative estimate of drug-likeness (QED) is 0.673. The van der Waals surface area contributed by atoms with Gasteiger partial charge in [0.05, 0.1) is 4.70 Å². The number of hydrogen-bond acceptors (Lipinski definition) is 2. The second kappa shape index (κ2) is 3.62. The van der Waals surface area contributed by atoms with Crippen LogP contribution in [0.3, 0.4) is 0 Å². The first-order valence-corrected chi connectivity index (χ1v) is 4.99. The third-order valence-corrected chi connectivity index (χ3v) is 2.74. The van der Waals surface area contributed by atoms with E-state index in [0.29, 0.717) is 6.61 Å². The van der Waals surface area contributed by atoms with E-state index in [1.165, 1.54) is 10.1 Å². The van der Waals surface area contributed by atoms with E-state index in [1.54, 1.807) is 17.4 Å². The van der Waals surface area contributed by atoms with Crippen molar-refractivity contribution in [3.63, 3.8) is 0 Å². The molecule has 1 nitrogen and oxygen atoms in total. The molecule has 0 fully saturated rings. The molecule has 0 spiro atoms. The predicted octanol–water partition coefficient (Wildman–Crippen LogP) is 3.47. The summed E-state index contributed by atoms with van der Waals surface area (Å²) in [6.07, 6.45) is 1.76. The van der Waals surface area contributed by atoms with E-state index in [1.807, 2.05) is 12.1 Å². The van der Waals surface area contributed by atoms with Gasteiger partial charge in [-0.1, -0.05) is 24.8 Å². The normalized spacial score (nSPS) is 10.2. The van der Waals surface area contributed by atoms with Crippen molar-refractivity contribution in [3.05, 3.63) is 42.3 Å². The van der Waals surface area contributed by atoms with Gasteiger partial charge in [-0.05, 0) is 22.9 Å². The average Bonchev–Trinajstić information content (AvgIpc) is 2.62. The van der Waals surface area contributed by atoms with Crippen LogP contribution in [0.1, 0.15) is 0 Å². The van der Waals surface area contributed by atoms with Crippen LogP contribution in [0.4, 0.5) is 0 Å². The molecule has 0 aliphatic rings. The van der Waals surface area contributed by atoms with Crippen molar-refractivity contribution in [2.45, 2.75) is 0 Å². The second-order valence-electron chi connectivity index (χ2n) is 2.69. The minimum absolute atomic E-state index is 0.566. The molecule has 1 heterocycles. The summed E-state index contributed by atoms with van der Waals surface area (Å²) >= 11 is 1.71. The maximum absolute atomic E-state index is 5.52. The molecule has 0 amide bonds. The van der Waals surface area contributed by atoms with Crippen LogP contribution in [0.5, 0.6) is 5.75 Å². The Morgan fingerprint density at radius 2 is 2.31 bits per heavy atom. The van der Waals surface area contributed by atoms with Crippen molar-refractivity contribution in [3.8, 4) is 5.75 Å². The van der Waals surface area contributed by atoms with E-state index in [0.717, 1.165) is 5.75 Å². The lowest BCUT2D eigenvalue weighted by molar-refractivity contribution is 0.368. The van der Waals surface area contributed by atoms with Crippen molar-refractivity contribution >= 4 is 21.4 Å². The number of fused-ring (bicyclic) bond motifs is 1. The number of rotatable bonds is 3. The van der Waals surface area contributed by atoms with Crippen molar-refractivity contribution in [1.82, 2.24) is 0 Å². The Bertz CT molecular complexity index is 417. The highest BCUT2D eigenvalue weighted by atomic mass is 32.1. The molecule has 0 saturated carbocycles. The fraction of sp³-hybridized carbons (Fsp3) is 0.0909. The fourth-order valence-electron chi connectivity index (χ4n) is 1.23. The van der Waals surface area contributed by atoms with Crippen LogP contribution in [0.2, 0.25) is 0 Å². The smallest absolute Gasteiger partial charge is 0.137 e. The number of benzene rings is 1. The van der Waals surface area contributed by atoms with Crippen molar-refractivity contribution < 1.29 is 4.74 Å². The molecule has 0 unspecified atom stereocenters. The van der Waals surface area contributed by atoms with E-state index in [-0.39, 0.29) is 0 Å². The molecule has 66 valence electrons. The molecule has 2 aromatic rings. The van der Waals surface area contributed by atoms with E-state index in [2.05, 4.69) is 24.1 Å². The number of thiophene rings is 1. The van der Waals surface area contributed by atoms with Crippen LogP contribution in [0, 0.1) is 0 Å². The van der Waals surface area contributed by atoms with E-state index < -0.39 is 0 Å². The molecule has 0 atom stereocenters. The topological polar surface area (TPSA) is 9.23 Å². The average molecular weight is 190 g/mol. The molecule has 0 bridgehead atoms. The van der Waals surface area contributed by atoms with E-state index >= 15 is 0 Å². The Hall–Kier alpha value is -1.28. The summed E-state index contributed by atoms with van der Waals surface area (Å²) in [6.45, 7) is 4.19. The molecule has 1 aromatic carbocycles. The Morgan fingerprint density at radius 3 is 3.15 bits per heavy atom. The lowest BCUT2D eigenvalue weighted by Gasteiger charge is -2.03. The van der Waals surface area contributed by atoms with Crippen LogP contribution < -0.4 is 4.74 Å². The third-order valence-electron chi connectivity index (χ3n) is 1.80. The van der Waals surface area contributed by atoms with Gasteiger partial charge < -0.3 is 4.74 Å². The minimum Gasteiger partial charge on any atom is -0.488 e. The molecule has 2 rings (SSSR count). The maximum atomic E-state index is 5.52. The number of hydrogen-bond donors (Lipinski definition) is 0. The second-order valence-corrected chi connectivity index (χ2v) is 3.61. The van der Waals surface area contributed by atoms with Crippen LogP contribution >= 0.6 is 11.3 Å². The highest BCUT2D eigenvalue weighted by molar-refractivity contribution is 7.17. The Balaban J connectivity index is 2.42. The van der Waals surface area contributed by atoms with Crippen LogP contribution in [0.15, 0.2) is 42.3 Å². The van der Waals surface area contributed by atoms with Gasteiger partial charge in [-0.25, -0.2) is 0 Å². The first kappa shape index (κ1) is 8.32. The van der Waals surface area contributed by atoms with Gasteiger partial charge in [0.1, 0.15) is 12.4 Å². The van der Waals surface area contributed by atoms with Gasteiger partial charge >= 0.3 is 0 Å². The zero-order chi connectivity index (χ0) is 9.10. The molecule has 0 saturated heterocycles. The van der Waals surface area contributed by atoms with Crippen molar-refractivity contribution in [2.24, 2.45) is 0 Å². The monoisotopic (exact) mass is 190 g/mol. The van der Waals surface area contributed by atoms with Crippen molar-refractivity contribution in [2.75, 3.05) is 6.61 Å². The SMILES string of the molecule is C=CCOc1cccc2ccsc12. The molecular weight excluding hydrogens is 180 g/mol. The summed E-state index contributed by atoms with van der Waals surface area (Å²) in [4.78, 5) is 0. The highest BCUT2D eigenvalue weighted by Gasteiger charge is 2.01. The molecule has 0 N–H and O–H groups in total. The van der Waals surface area contributed by atoms with Crippen molar-refractivity contribution in [1.29, 1.82) is 0 Å². The van der Waals surface area contributed by atoms with Crippen LogP contribution in [-0.4, -0.2) is 6.61 Å². The van der Waals surface area contributed by atoms with Gasteiger partial charge in [0.2, 0.25) is 0 Å². The summed E-state index contributed by atoms with van der Waals surface area (Å²) in [5, 5.41) is 3.32. The predicted molar refractivity (Wildman–Crippen MR) is 57.5 cm³/mol. The summed E-state index contributed by atoms with van der Waals surface area (Å²) < 4.78 is 6.73. The van der Waals surface area contributed by atoms with Gasteiger partial charge in [-0.3, -0.25) is 0 Å². The van der Waals surface area contributed by atoms with Gasteiger partial charge in [0, 0.05) is 0 Å². The molecular formula is C11H10OS. The van der Waals surface area contributed by atoms with Gasteiger partial charge in [0.25, 0.3) is 0 Å². The summed E-state index contributed by atoms with van der Waals surface area (Å²) in [7, 11) is 0. The first-order chi connectivity index (χ1) is 6.42. The highest BCUT2D eigenvalue weighted by Crippen LogP contribution is 2.30. The Labute approximate surface area is 81.3 Å². The minimum atomic E-state index is 0.566. The largest absolute Gasteiger partial charge is 0.488 e. The molecule has 0 radical (unpaired) electrons. The summed E-state index contributed by atoms with van der Waals surface area (Å²) in [5.41, 5.74) is 0. The molecule has 13 heavy (non-hydrogen) atoms. The van der Waals surface area contributed by atoms with Gasteiger partial charge in [-0.15, -0.1) is 11.3 Å². The lowest BCUT2D eigenvalue weighted by Crippen LogP contribution is -1.91. The van der Waals surface area contributed by atoms with Gasteiger partial charge in [-0.2, -0.15) is 0 Å². The summed E-state index contributed by atoms with van der Waals surface area (Å²) in [5.74, 6) is 0.951. The fourth-order valence-corrected chi connectivity index (χ4v) is 2.09. The van der Waals surface area contributed by atoms with Gasteiger partial charge in [0.15, 0.2) is 0 Å². The molecule has 2 heteroatoms. The molecule has 0 aliphatic heterocycles. The first-order valence-electron chi connectivity index (χ1n) is 4.12. The zero-order valence-corrected chi connectivity index (χ0v) is 8.01. The maximum Gasteiger partial charge on any atom is 0.137 e. The summed E-state index contributed by atoms with van der Waals surface area (Å²) in [6, 6.07) is 8.18. The van der Waals surface area contributed by atoms with Crippen LogP contribution in [0.25, 0.3) is 10.1 Å². The Kier molecular flexibility index (Phi) is 2.32. The molecule has 0 aliphatic carbocycles. The van der Waals surface area contributed by atoms with E-state index in [9.17, 15) is 0 Å². The Morgan fingerprint density at radius 1 is 1.38 bits per heavy atom. The lowest BCUT2D eigenvalue weighted by atomic mass is 10.2. The zero-order valence-electron chi connectivity index (χ0n) is 7.19. The standard InChI is InChI=1S/C11H10OS/c1-2-7-12-10-5-3-4-9-6-8-13-11(9)10/h2-6,8H,1,7H2. The number of ether oxygens (including phenoxy) is 1. The van der Waals surface area contributed by atoms with E-state index in [4.69, 9.17) is 4.74 Å².